The number of nitrogens with zero attached hydrogens (tertiary/aromatic N) is 3. The Morgan fingerprint density at radius 2 is 2.12 bits per heavy atom. The van der Waals surface area contributed by atoms with Crippen LogP contribution >= 0.6 is 11.5 Å². The van der Waals surface area contributed by atoms with Crippen molar-refractivity contribution in [2.24, 2.45) is 0 Å². The Kier molecular flexibility index (Phi) is 4.75. The van der Waals surface area contributed by atoms with Crippen LogP contribution in [0, 0.1) is 6.92 Å². The van der Waals surface area contributed by atoms with Gasteiger partial charge >= 0.3 is 6.03 Å². The van der Waals surface area contributed by atoms with Crippen molar-refractivity contribution >= 4 is 34.8 Å². The van der Waals surface area contributed by atoms with Crippen LogP contribution in [0.2, 0.25) is 0 Å². The van der Waals surface area contributed by atoms with Crippen LogP contribution in [0.15, 0.2) is 24.3 Å². The molecule has 0 bridgehead atoms. The van der Waals surface area contributed by atoms with Gasteiger partial charge in [-0.25, -0.2) is 4.79 Å². The number of urea groups is 1. The Morgan fingerprint density at radius 1 is 1.38 bits per heavy atom. The van der Waals surface area contributed by atoms with Gasteiger partial charge in [-0.1, -0.05) is 4.49 Å². The molecule has 0 spiro atoms. The number of anilines is 2. The average molecular weight is 345 g/mol. The third kappa shape index (κ3) is 3.53. The van der Waals surface area contributed by atoms with Crippen molar-refractivity contribution in [3.05, 3.63) is 34.8 Å². The lowest BCUT2D eigenvalue weighted by Gasteiger charge is -2.22. The Bertz CT molecular complexity index is 743. The number of hydrogen-bond acceptors (Lipinski definition) is 5. The highest BCUT2D eigenvalue weighted by Gasteiger charge is 2.28. The highest BCUT2D eigenvalue weighted by Crippen LogP contribution is 2.27. The number of aryl methyl sites for hydroxylation is 1. The van der Waals surface area contributed by atoms with Crippen molar-refractivity contribution in [2.45, 2.75) is 39.3 Å². The normalized spacial score (nSPS) is 17.2. The van der Waals surface area contributed by atoms with Crippen molar-refractivity contribution in [1.82, 2.24) is 14.9 Å². The fraction of sp³-hybridized carbons (Fsp3) is 0.375. The van der Waals surface area contributed by atoms with Crippen LogP contribution in [0.5, 0.6) is 0 Å². The molecule has 2 heterocycles. The van der Waals surface area contributed by atoms with Gasteiger partial charge in [-0.3, -0.25) is 4.79 Å². The zero-order chi connectivity index (χ0) is 17.1. The van der Waals surface area contributed by atoms with Crippen LogP contribution < -0.4 is 15.5 Å². The molecule has 0 unspecified atom stereocenters. The number of nitrogens with one attached hydrogen (secondary N) is 2. The Labute approximate surface area is 144 Å². The number of rotatable bonds is 4. The molecule has 1 fully saturated rings. The third-order valence-corrected chi connectivity index (χ3v) is 4.87. The first-order valence-electron chi connectivity index (χ1n) is 7.79. The standard InChI is InChI=1S/C16H19N5O2S/c1-10-3-8-15(22)21(10)13-6-4-12(5-7-13)18-16(23)17-9-14-11(2)19-20-24-14/h4-7,10H,3,8-9H2,1-2H3,(H2,17,18,23)/t10-/m1/s1. The monoisotopic (exact) mass is 345 g/mol. The molecule has 126 valence electrons. The van der Waals surface area contributed by atoms with Gasteiger partial charge in [0.25, 0.3) is 0 Å². The van der Waals surface area contributed by atoms with E-state index < -0.39 is 0 Å². The van der Waals surface area contributed by atoms with E-state index in [1.54, 1.807) is 12.1 Å². The van der Waals surface area contributed by atoms with Crippen molar-refractivity contribution in [1.29, 1.82) is 0 Å². The van der Waals surface area contributed by atoms with E-state index in [0.29, 0.717) is 18.7 Å². The van der Waals surface area contributed by atoms with Gasteiger partial charge in [0.15, 0.2) is 0 Å². The molecule has 0 radical (unpaired) electrons. The number of carbonyl (C=O) groups is 2. The predicted molar refractivity (Wildman–Crippen MR) is 93.1 cm³/mol. The Balaban J connectivity index is 1.57. The zero-order valence-electron chi connectivity index (χ0n) is 13.6. The number of aromatic nitrogens is 2. The fourth-order valence-electron chi connectivity index (χ4n) is 2.68. The van der Waals surface area contributed by atoms with Gasteiger partial charge in [-0.15, -0.1) is 5.10 Å². The van der Waals surface area contributed by atoms with Gasteiger partial charge in [0.05, 0.1) is 17.1 Å². The summed E-state index contributed by atoms with van der Waals surface area (Å²) in [7, 11) is 0. The highest BCUT2D eigenvalue weighted by atomic mass is 32.1. The summed E-state index contributed by atoms with van der Waals surface area (Å²) in [6, 6.07) is 7.23. The Hall–Kier alpha value is -2.48. The molecule has 1 aliphatic heterocycles. The van der Waals surface area contributed by atoms with Crippen LogP contribution in [0.4, 0.5) is 16.2 Å². The van der Waals surface area contributed by atoms with E-state index in [-0.39, 0.29) is 18.0 Å². The van der Waals surface area contributed by atoms with Crippen molar-refractivity contribution in [3.63, 3.8) is 0 Å². The molecule has 24 heavy (non-hydrogen) atoms. The molecule has 3 rings (SSSR count). The summed E-state index contributed by atoms with van der Waals surface area (Å²) >= 11 is 1.27. The van der Waals surface area contributed by atoms with Crippen molar-refractivity contribution < 1.29 is 9.59 Å². The maximum atomic E-state index is 11.9. The van der Waals surface area contributed by atoms with Crippen LogP contribution in [0.3, 0.4) is 0 Å². The predicted octanol–water partition coefficient (Wildman–Crippen LogP) is 2.68. The average Bonchev–Trinajstić information content (AvgIpc) is 3.12. The lowest BCUT2D eigenvalue weighted by molar-refractivity contribution is -0.117. The molecule has 1 saturated heterocycles. The number of carbonyl (C=O) groups excluding carboxylic acids is 2. The van der Waals surface area contributed by atoms with Crippen molar-refractivity contribution in [3.8, 4) is 0 Å². The summed E-state index contributed by atoms with van der Waals surface area (Å²) in [4.78, 5) is 26.6. The molecule has 2 aromatic rings. The minimum Gasteiger partial charge on any atom is -0.333 e. The molecule has 7 nitrogen and oxygen atoms in total. The first kappa shape index (κ1) is 16.4. The summed E-state index contributed by atoms with van der Waals surface area (Å²) in [5.41, 5.74) is 2.37. The minimum atomic E-state index is -0.291. The van der Waals surface area contributed by atoms with Crippen molar-refractivity contribution in [2.75, 3.05) is 10.2 Å². The second-order valence-electron chi connectivity index (χ2n) is 5.79. The van der Waals surface area contributed by atoms with E-state index in [0.717, 1.165) is 22.7 Å². The van der Waals surface area contributed by atoms with Gasteiger partial charge in [0, 0.05) is 23.8 Å². The van der Waals surface area contributed by atoms with Gasteiger partial charge < -0.3 is 15.5 Å². The van der Waals surface area contributed by atoms with Crippen LogP contribution in [-0.4, -0.2) is 27.6 Å². The Morgan fingerprint density at radius 3 is 2.71 bits per heavy atom. The summed E-state index contributed by atoms with van der Waals surface area (Å²) in [5.74, 6) is 0.148. The largest absolute Gasteiger partial charge is 0.333 e. The second-order valence-corrected chi connectivity index (χ2v) is 6.63. The summed E-state index contributed by atoms with van der Waals surface area (Å²) in [6.45, 7) is 4.30. The summed E-state index contributed by atoms with van der Waals surface area (Å²) in [6.07, 6.45) is 1.47. The molecule has 1 aromatic carbocycles. The van der Waals surface area contributed by atoms with Gasteiger partial charge in [0.1, 0.15) is 0 Å². The molecule has 2 N–H and O–H groups in total. The fourth-order valence-corrected chi connectivity index (χ4v) is 3.25. The molecule has 0 saturated carbocycles. The van der Waals surface area contributed by atoms with Crippen LogP contribution in [0.25, 0.3) is 0 Å². The van der Waals surface area contributed by atoms with E-state index in [9.17, 15) is 9.59 Å². The first-order valence-corrected chi connectivity index (χ1v) is 8.56. The molecular weight excluding hydrogens is 326 g/mol. The number of hydrogen-bond donors (Lipinski definition) is 2. The molecular formula is C16H19N5O2S. The van der Waals surface area contributed by atoms with Crippen LogP contribution in [0.1, 0.15) is 30.3 Å². The van der Waals surface area contributed by atoms with Gasteiger partial charge in [0.2, 0.25) is 5.91 Å². The molecule has 1 atom stereocenters. The third-order valence-electron chi connectivity index (χ3n) is 4.04. The van der Waals surface area contributed by atoms with Gasteiger partial charge in [-0.05, 0) is 56.1 Å². The lowest BCUT2D eigenvalue weighted by atomic mass is 10.2. The maximum absolute atomic E-state index is 11.9. The molecule has 1 aliphatic rings. The quantitative estimate of drug-likeness (QED) is 0.892. The summed E-state index contributed by atoms with van der Waals surface area (Å²) < 4.78 is 3.83. The number of amides is 3. The zero-order valence-corrected chi connectivity index (χ0v) is 14.4. The van der Waals surface area contributed by atoms with E-state index in [4.69, 9.17) is 0 Å². The second kappa shape index (κ2) is 6.96. The SMILES string of the molecule is Cc1nnsc1CNC(=O)Nc1ccc(N2C(=O)CC[C@H]2C)cc1. The first-order chi connectivity index (χ1) is 11.5. The lowest BCUT2D eigenvalue weighted by Crippen LogP contribution is -2.30. The minimum absolute atomic E-state index is 0.148. The van der Waals surface area contributed by atoms with E-state index in [2.05, 4.69) is 20.2 Å². The molecule has 0 aliphatic carbocycles. The van der Waals surface area contributed by atoms with E-state index in [1.807, 2.05) is 30.9 Å². The summed E-state index contributed by atoms with van der Waals surface area (Å²) in [5, 5.41) is 9.45. The van der Waals surface area contributed by atoms with Gasteiger partial charge in [-0.2, -0.15) is 0 Å². The van der Waals surface area contributed by atoms with E-state index in [1.165, 1.54) is 11.5 Å². The molecule has 8 heteroatoms. The topological polar surface area (TPSA) is 87.2 Å². The number of benzene rings is 1. The maximum Gasteiger partial charge on any atom is 0.319 e. The smallest absolute Gasteiger partial charge is 0.319 e. The molecule has 3 amide bonds. The van der Waals surface area contributed by atoms with E-state index >= 15 is 0 Å². The van der Waals surface area contributed by atoms with Crippen LogP contribution in [-0.2, 0) is 11.3 Å². The highest BCUT2D eigenvalue weighted by molar-refractivity contribution is 7.05. The molecule has 1 aromatic heterocycles.